The van der Waals surface area contributed by atoms with E-state index in [0.29, 0.717) is 34.8 Å². The number of aromatic nitrogens is 2. The topological polar surface area (TPSA) is 88.0 Å². The molecular weight excluding hydrogens is 541 g/mol. The molecule has 1 aliphatic rings. The van der Waals surface area contributed by atoms with Crippen molar-refractivity contribution >= 4 is 29.2 Å². The highest BCUT2D eigenvalue weighted by molar-refractivity contribution is 6.17. The van der Waals surface area contributed by atoms with Crippen LogP contribution in [0.15, 0.2) is 53.5 Å². The Morgan fingerprint density at radius 3 is 2.63 bits per heavy atom. The van der Waals surface area contributed by atoms with Crippen LogP contribution in [0.4, 0.5) is 4.39 Å². The van der Waals surface area contributed by atoms with Crippen LogP contribution < -0.4 is 21.6 Å². The van der Waals surface area contributed by atoms with E-state index in [0.717, 1.165) is 68.6 Å². The van der Waals surface area contributed by atoms with Crippen LogP contribution in [0.25, 0.3) is 17.3 Å². The highest BCUT2D eigenvalue weighted by Gasteiger charge is 2.18. The van der Waals surface area contributed by atoms with E-state index >= 15 is 4.39 Å². The van der Waals surface area contributed by atoms with Gasteiger partial charge >= 0.3 is 5.69 Å². The van der Waals surface area contributed by atoms with Crippen molar-refractivity contribution in [1.82, 2.24) is 25.5 Å². The number of carbonyl (C=O) groups is 1. The highest BCUT2D eigenvalue weighted by Crippen LogP contribution is 2.27. The average molecular weight is 580 g/mol. The summed E-state index contributed by atoms with van der Waals surface area (Å²) in [5.74, 6) is -0.0795. The molecule has 0 unspecified atom stereocenters. The van der Waals surface area contributed by atoms with Crippen molar-refractivity contribution in [2.45, 2.75) is 58.5 Å². The van der Waals surface area contributed by atoms with E-state index in [-0.39, 0.29) is 17.6 Å². The minimum absolute atomic E-state index is 0.0992. The van der Waals surface area contributed by atoms with E-state index in [1.165, 1.54) is 10.6 Å². The van der Waals surface area contributed by atoms with Crippen LogP contribution in [0.3, 0.4) is 0 Å². The average Bonchev–Trinajstić information content (AvgIpc) is 2.97. The fourth-order valence-electron chi connectivity index (χ4n) is 4.97. The van der Waals surface area contributed by atoms with E-state index in [1.807, 2.05) is 37.3 Å². The van der Waals surface area contributed by atoms with Gasteiger partial charge in [0.05, 0.1) is 11.4 Å². The number of hydrogen-bond donors (Lipinski definition) is 3. The standard InChI is InChI=1S/C32H39ClFN5O2/c1-3-5-24(29-11-8-25(19-30(29)34)31(40)38-27-12-16-35-17-13-27)18-26-21-39(32(41)37-22(26)2)28-9-6-23(7-10-28)20-36-15-4-14-33/h6-11,18-19,21,27,35-36H,3-5,12-17,20H2,1-2H3,(H,38,40)/b24-18+. The van der Waals surface area contributed by atoms with Gasteiger partial charge in [0.15, 0.2) is 0 Å². The van der Waals surface area contributed by atoms with Gasteiger partial charge in [0, 0.05) is 41.4 Å². The van der Waals surface area contributed by atoms with Crippen molar-refractivity contribution in [1.29, 1.82) is 0 Å². The lowest BCUT2D eigenvalue weighted by Crippen LogP contribution is -2.42. The summed E-state index contributed by atoms with van der Waals surface area (Å²) in [6.45, 7) is 7.10. The van der Waals surface area contributed by atoms with Gasteiger partial charge < -0.3 is 16.0 Å². The number of benzene rings is 2. The van der Waals surface area contributed by atoms with Crippen LogP contribution in [0, 0.1) is 12.7 Å². The summed E-state index contributed by atoms with van der Waals surface area (Å²) >= 11 is 5.73. The molecule has 7 nitrogen and oxygen atoms in total. The quantitative estimate of drug-likeness (QED) is 0.202. The van der Waals surface area contributed by atoms with E-state index < -0.39 is 5.82 Å². The first-order chi connectivity index (χ1) is 19.9. The lowest BCUT2D eigenvalue weighted by atomic mass is 9.96. The van der Waals surface area contributed by atoms with Crippen LogP contribution in [-0.4, -0.2) is 47.0 Å². The molecule has 0 aliphatic carbocycles. The zero-order chi connectivity index (χ0) is 29.2. The zero-order valence-corrected chi connectivity index (χ0v) is 24.6. The maximum Gasteiger partial charge on any atom is 0.352 e. The molecule has 4 rings (SSSR count). The number of rotatable bonds is 12. The number of hydrogen-bond acceptors (Lipinski definition) is 5. The van der Waals surface area contributed by atoms with Crippen LogP contribution >= 0.6 is 11.6 Å². The third kappa shape index (κ3) is 8.35. The predicted molar refractivity (Wildman–Crippen MR) is 164 cm³/mol. The van der Waals surface area contributed by atoms with Gasteiger partial charge in [-0.2, -0.15) is 4.98 Å². The van der Waals surface area contributed by atoms with E-state index in [9.17, 15) is 9.59 Å². The molecule has 1 saturated heterocycles. The van der Waals surface area contributed by atoms with Crippen molar-refractivity contribution in [3.05, 3.63) is 92.9 Å². The van der Waals surface area contributed by atoms with Gasteiger partial charge in [-0.05, 0) is 93.7 Å². The van der Waals surface area contributed by atoms with Crippen LogP contribution in [-0.2, 0) is 6.54 Å². The summed E-state index contributed by atoms with van der Waals surface area (Å²) in [5.41, 5.74) is 4.26. The summed E-state index contributed by atoms with van der Waals surface area (Å²) < 4.78 is 16.9. The second-order valence-electron chi connectivity index (χ2n) is 10.4. The molecule has 0 bridgehead atoms. The second kappa shape index (κ2) is 15.1. The Labute approximate surface area is 246 Å². The third-order valence-corrected chi connectivity index (χ3v) is 7.55. The molecule has 1 fully saturated rings. The van der Waals surface area contributed by atoms with E-state index in [1.54, 1.807) is 25.3 Å². The molecular formula is C32H39ClFN5O2. The molecule has 41 heavy (non-hydrogen) atoms. The summed E-state index contributed by atoms with van der Waals surface area (Å²) in [4.78, 5) is 29.8. The summed E-state index contributed by atoms with van der Waals surface area (Å²) in [5, 5.41) is 9.64. The first-order valence-electron chi connectivity index (χ1n) is 14.4. The molecule has 3 aromatic rings. The number of nitrogens with one attached hydrogen (secondary N) is 3. The number of piperidine rings is 1. The molecule has 218 valence electrons. The molecule has 2 aromatic carbocycles. The molecule has 3 N–H and O–H groups in total. The van der Waals surface area contributed by atoms with Gasteiger partial charge in [-0.15, -0.1) is 11.6 Å². The SMILES string of the molecule is CCC/C(=C\c1cn(-c2ccc(CNCCCCl)cc2)c(=O)nc1C)c1ccc(C(=O)NC2CCNCC2)cc1F. The summed E-state index contributed by atoms with van der Waals surface area (Å²) in [6, 6.07) is 12.5. The Bertz CT molecular complexity index is 1410. The van der Waals surface area contributed by atoms with Gasteiger partial charge in [-0.3, -0.25) is 9.36 Å². The van der Waals surface area contributed by atoms with E-state index in [2.05, 4.69) is 20.9 Å². The number of alkyl halides is 1. The molecule has 1 aromatic heterocycles. The predicted octanol–water partition coefficient (Wildman–Crippen LogP) is 5.22. The highest BCUT2D eigenvalue weighted by atomic mass is 35.5. The number of nitrogens with zero attached hydrogens (tertiary/aromatic N) is 2. The fraction of sp³-hybridized carbons (Fsp3) is 0.406. The van der Waals surface area contributed by atoms with Crippen molar-refractivity contribution < 1.29 is 9.18 Å². The summed E-state index contributed by atoms with van der Waals surface area (Å²) in [6.07, 6.45) is 7.71. The van der Waals surface area contributed by atoms with Gasteiger partial charge in [-0.1, -0.05) is 31.5 Å². The number of carbonyl (C=O) groups excluding carboxylic acids is 1. The van der Waals surface area contributed by atoms with Crippen molar-refractivity contribution in [2.24, 2.45) is 0 Å². The van der Waals surface area contributed by atoms with Crippen molar-refractivity contribution in [3.63, 3.8) is 0 Å². The molecule has 0 atom stereocenters. The molecule has 0 spiro atoms. The maximum absolute atomic E-state index is 15.4. The van der Waals surface area contributed by atoms with E-state index in [4.69, 9.17) is 11.6 Å². The smallest absolute Gasteiger partial charge is 0.349 e. The Hall–Kier alpha value is -3.33. The van der Waals surface area contributed by atoms with Gasteiger partial charge in [-0.25, -0.2) is 9.18 Å². The number of halogens is 2. The molecule has 1 amide bonds. The molecule has 0 saturated carbocycles. The first-order valence-corrected chi connectivity index (χ1v) is 14.9. The Morgan fingerprint density at radius 1 is 1.20 bits per heavy atom. The Kier molecular flexibility index (Phi) is 11.2. The fourth-order valence-corrected chi connectivity index (χ4v) is 5.10. The van der Waals surface area contributed by atoms with Gasteiger partial charge in [0.25, 0.3) is 5.91 Å². The maximum atomic E-state index is 15.4. The Balaban J connectivity index is 1.57. The van der Waals surface area contributed by atoms with Crippen LogP contribution in [0.1, 0.15) is 71.8 Å². The second-order valence-corrected chi connectivity index (χ2v) is 10.8. The number of amides is 1. The van der Waals surface area contributed by atoms with Crippen LogP contribution in [0.5, 0.6) is 0 Å². The Morgan fingerprint density at radius 2 is 1.95 bits per heavy atom. The van der Waals surface area contributed by atoms with Crippen molar-refractivity contribution in [2.75, 3.05) is 25.5 Å². The largest absolute Gasteiger partial charge is 0.352 e. The molecule has 1 aliphatic heterocycles. The lowest BCUT2D eigenvalue weighted by Gasteiger charge is -2.23. The van der Waals surface area contributed by atoms with Crippen LogP contribution in [0.2, 0.25) is 0 Å². The van der Waals surface area contributed by atoms with Crippen molar-refractivity contribution in [3.8, 4) is 5.69 Å². The number of aryl methyl sites for hydroxylation is 1. The summed E-state index contributed by atoms with van der Waals surface area (Å²) in [7, 11) is 0. The van der Waals surface area contributed by atoms with Gasteiger partial charge in [0.1, 0.15) is 5.82 Å². The lowest BCUT2D eigenvalue weighted by molar-refractivity contribution is 0.0929. The zero-order valence-electron chi connectivity index (χ0n) is 23.8. The monoisotopic (exact) mass is 579 g/mol. The molecule has 0 radical (unpaired) electrons. The number of allylic oxidation sites excluding steroid dienone is 1. The molecule has 2 heterocycles. The molecule has 9 heteroatoms. The van der Waals surface area contributed by atoms with Gasteiger partial charge in [0.2, 0.25) is 0 Å². The first kappa shape index (κ1) is 30.6. The normalized spacial score (nSPS) is 14.3. The third-order valence-electron chi connectivity index (χ3n) is 7.29. The minimum atomic E-state index is -0.447. The minimum Gasteiger partial charge on any atom is -0.349 e.